The molecule has 1 aliphatic rings. The molecule has 1 aromatic carbocycles. The largest absolute Gasteiger partial charge is 0.304 e. The molecule has 0 amide bonds. The third kappa shape index (κ3) is 4.98. The average molecular weight is 361 g/mol. The van der Waals surface area contributed by atoms with Crippen LogP contribution in [0.3, 0.4) is 0 Å². The fraction of sp³-hybridized carbons (Fsp3) is 0.571. The predicted octanol–water partition coefficient (Wildman–Crippen LogP) is -0.149. The number of likely N-dealkylation sites (N-methyl/N-ethyl adjacent to an activating group) is 1. The molecule has 0 aliphatic carbocycles. The van der Waals surface area contributed by atoms with Crippen molar-refractivity contribution in [1.82, 2.24) is 13.9 Å². The van der Waals surface area contributed by atoms with Crippen LogP contribution in [0.4, 0.5) is 0 Å². The Morgan fingerprint density at radius 3 is 2.35 bits per heavy atom. The maximum atomic E-state index is 12.2. The van der Waals surface area contributed by atoms with Crippen LogP contribution < -0.4 is 4.72 Å². The highest BCUT2D eigenvalue weighted by Crippen LogP contribution is 2.11. The van der Waals surface area contributed by atoms with E-state index in [9.17, 15) is 16.8 Å². The second-order valence-corrected chi connectivity index (χ2v) is 9.59. The maximum Gasteiger partial charge on any atom is 0.240 e. The highest BCUT2D eigenvalue weighted by molar-refractivity contribution is 7.90. The molecule has 1 saturated heterocycles. The lowest BCUT2D eigenvalue weighted by molar-refractivity contribution is 0.222. The Kier molecular flexibility index (Phi) is 5.79. The molecule has 1 fully saturated rings. The Balaban J connectivity index is 1.93. The lowest BCUT2D eigenvalue weighted by atomic mass is 10.2. The number of sulfonamides is 2. The Bertz CT molecular complexity index is 739. The molecule has 0 spiro atoms. The van der Waals surface area contributed by atoms with E-state index in [-0.39, 0.29) is 17.2 Å². The van der Waals surface area contributed by atoms with Gasteiger partial charge in [0.25, 0.3) is 0 Å². The first-order valence-electron chi connectivity index (χ1n) is 7.43. The fourth-order valence-electron chi connectivity index (χ4n) is 2.37. The summed E-state index contributed by atoms with van der Waals surface area (Å²) in [4.78, 5) is 2.21. The number of aryl methyl sites for hydroxylation is 1. The van der Waals surface area contributed by atoms with E-state index in [1.54, 1.807) is 25.1 Å². The summed E-state index contributed by atoms with van der Waals surface area (Å²) in [5.74, 6) is -0.234. The molecule has 130 valence electrons. The van der Waals surface area contributed by atoms with Crippen molar-refractivity contribution in [2.75, 3.05) is 45.5 Å². The van der Waals surface area contributed by atoms with Gasteiger partial charge in [0, 0.05) is 32.7 Å². The van der Waals surface area contributed by atoms with Gasteiger partial charge in [-0.1, -0.05) is 12.1 Å². The summed E-state index contributed by atoms with van der Waals surface area (Å²) in [5.41, 5.74) is 0.831. The van der Waals surface area contributed by atoms with Crippen molar-refractivity contribution < 1.29 is 16.8 Å². The number of hydrogen-bond donors (Lipinski definition) is 1. The number of nitrogens with one attached hydrogen (secondary N) is 1. The zero-order valence-corrected chi connectivity index (χ0v) is 15.0. The van der Waals surface area contributed by atoms with Crippen LogP contribution in [0.5, 0.6) is 0 Å². The molecule has 0 unspecified atom stereocenters. The van der Waals surface area contributed by atoms with E-state index < -0.39 is 20.0 Å². The predicted molar refractivity (Wildman–Crippen MR) is 89.2 cm³/mol. The first-order chi connectivity index (χ1) is 10.7. The van der Waals surface area contributed by atoms with Gasteiger partial charge in [0.2, 0.25) is 20.0 Å². The second-order valence-electron chi connectivity index (χ2n) is 5.73. The van der Waals surface area contributed by atoms with Crippen LogP contribution in [0, 0.1) is 6.92 Å². The third-order valence-electron chi connectivity index (χ3n) is 3.81. The van der Waals surface area contributed by atoms with Crippen molar-refractivity contribution in [3.63, 3.8) is 0 Å². The molecule has 0 aromatic heterocycles. The van der Waals surface area contributed by atoms with E-state index in [0.29, 0.717) is 26.2 Å². The number of rotatable bonds is 6. The normalized spacial score (nSPS) is 18.2. The van der Waals surface area contributed by atoms with Gasteiger partial charge < -0.3 is 4.90 Å². The lowest BCUT2D eigenvalue weighted by Gasteiger charge is -2.31. The summed E-state index contributed by atoms with van der Waals surface area (Å²) in [6, 6.07) is 6.50. The average Bonchev–Trinajstić information content (AvgIpc) is 2.47. The summed E-state index contributed by atoms with van der Waals surface area (Å²) in [6.45, 7) is 3.94. The summed E-state index contributed by atoms with van der Waals surface area (Å²) < 4.78 is 52.6. The Labute approximate surface area is 138 Å². The smallest absolute Gasteiger partial charge is 0.240 e. The summed E-state index contributed by atoms with van der Waals surface area (Å²) in [7, 11) is -5.18. The molecular formula is C14H23N3O4S2. The minimum atomic E-state index is -3.69. The van der Waals surface area contributed by atoms with E-state index in [4.69, 9.17) is 0 Å². The molecule has 0 radical (unpaired) electrons. The Morgan fingerprint density at radius 1 is 1.09 bits per heavy atom. The number of benzene rings is 1. The zero-order chi connectivity index (χ0) is 17.1. The van der Waals surface area contributed by atoms with E-state index >= 15 is 0 Å². The highest BCUT2D eigenvalue weighted by atomic mass is 32.2. The molecule has 2 rings (SSSR count). The van der Waals surface area contributed by atoms with Gasteiger partial charge in [0.05, 0.1) is 10.6 Å². The van der Waals surface area contributed by atoms with Gasteiger partial charge in [-0.15, -0.1) is 0 Å². The van der Waals surface area contributed by atoms with Crippen LogP contribution in [0.1, 0.15) is 5.56 Å². The van der Waals surface area contributed by atoms with Gasteiger partial charge in [0.15, 0.2) is 0 Å². The van der Waals surface area contributed by atoms with Crippen molar-refractivity contribution >= 4 is 20.0 Å². The van der Waals surface area contributed by atoms with E-state index in [1.165, 1.54) is 10.4 Å². The minimum Gasteiger partial charge on any atom is -0.304 e. The van der Waals surface area contributed by atoms with E-state index in [1.807, 2.05) is 7.05 Å². The van der Waals surface area contributed by atoms with Gasteiger partial charge in [-0.25, -0.2) is 21.6 Å². The summed E-state index contributed by atoms with van der Waals surface area (Å²) in [5, 5.41) is 0. The highest BCUT2D eigenvalue weighted by Gasteiger charge is 2.26. The third-order valence-corrected chi connectivity index (χ3v) is 7.14. The monoisotopic (exact) mass is 361 g/mol. The van der Waals surface area contributed by atoms with E-state index in [0.717, 1.165) is 5.56 Å². The van der Waals surface area contributed by atoms with Gasteiger partial charge in [0.1, 0.15) is 0 Å². The quantitative estimate of drug-likeness (QED) is 0.761. The second kappa shape index (κ2) is 7.27. The van der Waals surface area contributed by atoms with Crippen molar-refractivity contribution in [2.45, 2.75) is 11.8 Å². The SMILES string of the molecule is Cc1cccc(S(=O)(=O)NCCS(=O)(=O)N2CCN(C)CC2)c1. The molecule has 23 heavy (non-hydrogen) atoms. The number of nitrogens with zero attached hydrogens (tertiary/aromatic N) is 2. The Hall–Kier alpha value is -1.00. The number of hydrogen-bond acceptors (Lipinski definition) is 5. The minimum absolute atomic E-state index is 0.134. The first kappa shape index (κ1) is 18.3. The fourth-order valence-corrected chi connectivity index (χ4v) is 4.97. The van der Waals surface area contributed by atoms with Crippen LogP contribution >= 0.6 is 0 Å². The van der Waals surface area contributed by atoms with Crippen LogP contribution in [-0.4, -0.2) is 71.6 Å². The van der Waals surface area contributed by atoms with Crippen molar-refractivity contribution in [2.24, 2.45) is 0 Å². The summed E-state index contributed by atoms with van der Waals surface area (Å²) >= 11 is 0. The molecule has 1 aromatic rings. The van der Waals surface area contributed by atoms with Gasteiger partial charge in [-0.2, -0.15) is 4.31 Å². The van der Waals surface area contributed by atoms with Gasteiger partial charge >= 0.3 is 0 Å². The van der Waals surface area contributed by atoms with Crippen molar-refractivity contribution in [3.05, 3.63) is 29.8 Å². The van der Waals surface area contributed by atoms with Crippen LogP contribution in [0.2, 0.25) is 0 Å². The first-order valence-corrected chi connectivity index (χ1v) is 10.5. The Morgan fingerprint density at radius 2 is 1.74 bits per heavy atom. The van der Waals surface area contributed by atoms with Crippen LogP contribution in [0.25, 0.3) is 0 Å². The molecule has 0 saturated carbocycles. The van der Waals surface area contributed by atoms with E-state index in [2.05, 4.69) is 9.62 Å². The zero-order valence-electron chi connectivity index (χ0n) is 13.4. The molecule has 1 heterocycles. The van der Waals surface area contributed by atoms with Crippen LogP contribution in [0.15, 0.2) is 29.2 Å². The van der Waals surface area contributed by atoms with Crippen molar-refractivity contribution in [1.29, 1.82) is 0 Å². The lowest BCUT2D eigenvalue weighted by Crippen LogP contribution is -2.48. The molecule has 9 heteroatoms. The topological polar surface area (TPSA) is 86.8 Å². The number of piperazine rings is 1. The molecule has 7 nitrogen and oxygen atoms in total. The molecule has 0 bridgehead atoms. The molecule has 1 aliphatic heterocycles. The van der Waals surface area contributed by atoms with Gasteiger partial charge in [-0.05, 0) is 31.7 Å². The van der Waals surface area contributed by atoms with Crippen molar-refractivity contribution in [3.8, 4) is 0 Å². The maximum absolute atomic E-state index is 12.2. The molecule has 0 atom stereocenters. The molecule has 1 N–H and O–H groups in total. The van der Waals surface area contributed by atoms with Gasteiger partial charge in [-0.3, -0.25) is 0 Å². The van der Waals surface area contributed by atoms with Crippen LogP contribution in [-0.2, 0) is 20.0 Å². The summed E-state index contributed by atoms with van der Waals surface area (Å²) in [6.07, 6.45) is 0. The molecular weight excluding hydrogens is 338 g/mol. The standard InChI is InChI=1S/C14H23N3O4S2/c1-13-4-3-5-14(12-13)23(20,21)15-6-11-22(18,19)17-9-7-16(2)8-10-17/h3-5,12,15H,6-11H2,1-2H3.